The second kappa shape index (κ2) is 7.22. The molecule has 2 aromatic carbocycles. The van der Waals surface area contributed by atoms with Gasteiger partial charge in [0, 0.05) is 18.7 Å². The number of ether oxygens (including phenoxy) is 1. The maximum atomic E-state index is 14.4. The van der Waals surface area contributed by atoms with Crippen LogP contribution in [0, 0.1) is 11.7 Å². The van der Waals surface area contributed by atoms with Gasteiger partial charge in [-0.3, -0.25) is 9.59 Å². The molecule has 2 aromatic rings. The van der Waals surface area contributed by atoms with Gasteiger partial charge in [0.25, 0.3) is 11.8 Å². The molecule has 9 heteroatoms. The minimum absolute atomic E-state index is 0.0511. The molecular weight excluding hydrogens is 425 g/mol. The summed E-state index contributed by atoms with van der Waals surface area (Å²) in [5, 5.41) is 0. The van der Waals surface area contributed by atoms with E-state index in [2.05, 4.69) is 0 Å². The van der Waals surface area contributed by atoms with E-state index in [0.717, 1.165) is 11.0 Å². The number of benzene rings is 2. The van der Waals surface area contributed by atoms with Gasteiger partial charge in [-0.05, 0) is 29.8 Å². The fourth-order valence-electron chi connectivity index (χ4n) is 4.04. The summed E-state index contributed by atoms with van der Waals surface area (Å²) in [5.74, 6) is -5.32. The number of hydrogen-bond acceptors (Lipinski definition) is 4. The van der Waals surface area contributed by atoms with E-state index in [1.807, 2.05) is 0 Å². The highest BCUT2D eigenvalue weighted by Gasteiger charge is 2.49. The van der Waals surface area contributed by atoms with Crippen LogP contribution in [0.4, 0.5) is 13.2 Å². The number of likely N-dealkylation sites (tertiary alicyclic amines) is 2. The van der Waals surface area contributed by atoms with E-state index in [9.17, 15) is 27.6 Å². The zero-order chi connectivity index (χ0) is 22.6. The summed E-state index contributed by atoms with van der Waals surface area (Å²) < 4.78 is 45.6. The van der Waals surface area contributed by atoms with Crippen LogP contribution in [-0.2, 0) is 9.53 Å². The molecule has 0 aromatic heterocycles. The molecule has 0 N–H and O–H groups in total. The van der Waals surface area contributed by atoms with Crippen LogP contribution in [0.1, 0.15) is 31.8 Å². The molecule has 0 saturated carbocycles. The first kappa shape index (κ1) is 20.3. The van der Waals surface area contributed by atoms with Crippen molar-refractivity contribution in [3.05, 3.63) is 70.5 Å². The van der Waals surface area contributed by atoms with Crippen molar-refractivity contribution in [1.82, 2.24) is 9.80 Å². The molecule has 0 aliphatic carbocycles. The number of rotatable bonds is 3. The maximum absolute atomic E-state index is 14.4. The monoisotopic (exact) mass is 442 g/mol. The molecule has 3 aliphatic heterocycles. The molecule has 5 rings (SSSR count). The van der Waals surface area contributed by atoms with E-state index in [1.54, 1.807) is 30.3 Å². The van der Waals surface area contributed by atoms with Gasteiger partial charge in [-0.2, -0.15) is 0 Å². The smallest absolute Gasteiger partial charge is 0.344 e. The number of nitrogens with zero attached hydrogens (tertiary/aromatic N) is 2. The first-order valence-corrected chi connectivity index (χ1v) is 10.0. The van der Waals surface area contributed by atoms with Gasteiger partial charge in [-0.1, -0.05) is 24.3 Å². The van der Waals surface area contributed by atoms with Crippen molar-refractivity contribution >= 4 is 29.6 Å². The van der Waals surface area contributed by atoms with Crippen LogP contribution in [0.5, 0.6) is 0 Å². The Hall–Kier alpha value is -3.62. The van der Waals surface area contributed by atoms with Crippen LogP contribution in [0.2, 0.25) is 0 Å². The Labute approximate surface area is 180 Å². The number of esters is 1. The molecule has 0 spiro atoms. The largest absolute Gasteiger partial charge is 0.422 e. The van der Waals surface area contributed by atoms with Crippen LogP contribution in [0.25, 0.3) is 11.8 Å². The lowest BCUT2D eigenvalue weighted by molar-refractivity contribution is -0.173. The van der Waals surface area contributed by atoms with Gasteiger partial charge >= 0.3 is 5.97 Å². The summed E-state index contributed by atoms with van der Waals surface area (Å²) in [4.78, 5) is 39.3. The molecule has 164 valence electrons. The minimum atomic E-state index is -2.85. The Bertz CT molecular complexity index is 1180. The summed E-state index contributed by atoms with van der Waals surface area (Å²) in [6.45, 7) is -1.10. The number of halogens is 3. The van der Waals surface area contributed by atoms with Crippen LogP contribution in [0.15, 0.2) is 42.5 Å². The molecule has 32 heavy (non-hydrogen) atoms. The standard InChI is InChI=1S/C23H17F3N2O4/c24-18-6-5-13(8-19-15-3-1-2-4-16(15)22(31)32-19)7-17(18)21(30)27-9-14(10-27)20(29)28-11-23(25,26)12-28/h1-8,14H,9-12H2/b19-8-. The summed E-state index contributed by atoms with van der Waals surface area (Å²) in [7, 11) is 0. The van der Waals surface area contributed by atoms with E-state index < -0.39 is 48.5 Å². The highest BCUT2D eigenvalue weighted by atomic mass is 19.3. The SMILES string of the molecule is O=C1O/C(=C\c2ccc(F)c(C(=O)N3CC(C(=O)N4CC(F)(F)C4)C3)c2)c2ccccc21. The summed E-state index contributed by atoms with van der Waals surface area (Å²) in [6, 6.07) is 10.8. The quantitative estimate of drug-likeness (QED) is 0.686. The molecule has 2 fully saturated rings. The topological polar surface area (TPSA) is 66.9 Å². The number of fused-ring (bicyclic) bond motifs is 1. The van der Waals surface area contributed by atoms with Crippen molar-refractivity contribution in [3.8, 4) is 0 Å². The lowest BCUT2D eigenvalue weighted by atomic mass is 9.94. The molecular formula is C23H17F3N2O4. The van der Waals surface area contributed by atoms with E-state index in [4.69, 9.17) is 4.74 Å². The van der Waals surface area contributed by atoms with Gasteiger partial charge in [0.15, 0.2) is 0 Å². The Kier molecular flexibility index (Phi) is 4.58. The van der Waals surface area contributed by atoms with Crippen molar-refractivity contribution < 1.29 is 32.3 Å². The normalized spacial score (nSPS) is 20.5. The first-order valence-electron chi connectivity index (χ1n) is 10.0. The third kappa shape index (κ3) is 3.43. The highest BCUT2D eigenvalue weighted by Crippen LogP contribution is 2.32. The average molecular weight is 442 g/mol. The molecule has 2 amide bonds. The fourth-order valence-corrected chi connectivity index (χ4v) is 4.04. The highest BCUT2D eigenvalue weighted by molar-refractivity contribution is 6.06. The molecule has 3 heterocycles. The molecule has 0 bridgehead atoms. The first-order chi connectivity index (χ1) is 15.2. The molecule has 0 atom stereocenters. The molecule has 0 unspecified atom stereocenters. The van der Waals surface area contributed by atoms with Gasteiger partial charge in [-0.15, -0.1) is 0 Å². The summed E-state index contributed by atoms with van der Waals surface area (Å²) in [6.07, 6.45) is 1.55. The van der Waals surface area contributed by atoms with Gasteiger partial charge in [0.1, 0.15) is 11.6 Å². The van der Waals surface area contributed by atoms with E-state index in [-0.39, 0.29) is 18.7 Å². The van der Waals surface area contributed by atoms with Gasteiger partial charge in [0.2, 0.25) is 5.91 Å². The third-order valence-electron chi connectivity index (χ3n) is 5.81. The number of alkyl halides is 2. The minimum Gasteiger partial charge on any atom is -0.422 e. The molecule has 3 aliphatic rings. The molecule has 0 radical (unpaired) electrons. The number of cyclic esters (lactones) is 1. The van der Waals surface area contributed by atoms with E-state index in [0.29, 0.717) is 22.4 Å². The second-order valence-electron chi connectivity index (χ2n) is 8.14. The maximum Gasteiger partial charge on any atom is 0.344 e. The Balaban J connectivity index is 1.30. The van der Waals surface area contributed by atoms with E-state index in [1.165, 1.54) is 17.0 Å². The lowest BCUT2D eigenvalue weighted by Gasteiger charge is -2.45. The third-order valence-corrected chi connectivity index (χ3v) is 5.81. The summed E-state index contributed by atoms with van der Waals surface area (Å²) in [5.41, 5.74) is 1.31. The second-order valence-corrected chi connectivity index (χ2v) is 8.14. The van der Waals surface area contributed by atoms with Crippen molar-refractivity contribution in [2.45, 2.75) is 5.92 Å². The van der Waals surface area contributed by atoms with Gasteiger partial charge in [-0.25, -0.2) is 18.0 Å². The summed E-state index contributed by atoms with van der Waals surface area (Å²) >= 11 is 0. The number of carbonyl (C=O) groups is 3. The van der Waals surface area contributed by atoms with Crippen LogP contribution in [0.3, 0.4) is 0 Å². The zero-order valence-corrected chi connectivity index (χ0v) is 16.7. The van der Waals surface area contributed by atoms with Crippen molar-refractivity contribution in [2.24, 2.45) is 5.92 Å². The van der Waals surface area contributed by atoms with Gasteiger partial charge in [0.05, 0.1) is 30.1 Å². The Morgan fingerprint density at radius 1 is 1.03 bits per heavy atom. The average Bonchev–Trinajstić information content (AvgIpc) is 3.02. The fraction of sp³-hybridized carbons (Fsp3) is 0.261. The van der Waals surface area contributed by atoms with Crippen LogP contribution < -0.4 is 0 Å². The van der Waals surface area contributed by atoms with Gasteiger partial charge < -0.3 is 14.5 Å². The Morgan fingerprint density at radius 3 is 2.41 bits per heavy atom. The number of amides is 2. The number of hydrogen-bond donors (Lipinski definition) is 0. The Morgan fingerprint density at radius 2 is 1.72 bits per heavy atom. The van der Waals surface area contributed by atoms with Crippen molar-refractivity contribution in [2.75, 3.05) is 26.2 Å². The van der Waals surface area contributed by atoms with Crippen LogP contribution >= 0.6 is 0 Å². The lowest BCUT2D eigenvalue weighted by Crippen LogP contribution is -2.64. The molecule has 6 nitrogen and oxygen atoms in total. The zero-order valence-electron chi connectivity index (χ0n) is 16.7. The van der Waals surface area contributed by atoms with Crippen molar-refractivity contribution in [1.29, 1.82) is 0 Å². The van der Waals surface area contributed by atoms with Crippen LogP contribution in [-0.4, -0.2) is 59.7 Å². The van der Waals surface area contributed by atoms with E-state index >= 15 is 0 Å². The number of carbonyl (C=O) groups excluding carboxylic acids is 3. The van der Waals surface area contributed by atoms with Crippen molar-refractivity contribution in [3.63, 3.8) is 0 Å². The molecule has 2 saturated heterocycles. The predicted octanol–water partition coefficient (Wildman–Crippen LogP) is 3.04. The predicted molar refractivity (Wildman–Crippen MR) is 107 cm³/mol.